The maximum absolute atomic E-state index is 12.4. The lowest BCUT2D eigenvalue weighted by Crippen LogP contribution is -2.45. The van der Waals surface area contributed by atoms with Crippen molar-refractivity contribution < 1.29 is 14.3 Å². The van der Waals surface area contributed by atoms with Gasteiger partial charge in [-0.05, 0) is 74.6 Å². The van der Waals surface area contributed by atoms with Crippen molar-refractivity contribution >= 4 is 29.2 Å². The third-order valence-electron chi connectivity index (χ3n) is 6.48. The van der Waals surface area contributed by atoms with Crippen molar-refractivity contribution in [3.05, 3.63) is 58.2 Å². The van der Waals surface area contributed by atoms with Gasteiger partial charge in [-0.15, -0.1) is 0 Å². The third-order valence-corrected chi connectivity index (χ3v) is 6.81. The van der Waals surface area contributed by atoms with E-state index in [9.17, 15) is 9.59 Å². The Labute approximate surface area is 199 Å². The van der Waals surface area contributed by atoms with Crippen LogP contribution in [0.3, 0.4) is 0 Å². The van der Waals surface area contributed by atoms with Crippen LogP contribution in [0, 0.1) is 5.92 Å². The maximum Gasteiger partial charge on any atom is 0.253 e. The zero-order valence-electron chi connectivity index (χ0n) is 18.7. The highest BCUT2D eigenvalue weighted by atomic mass is 35.5. The van der Waals surface area contributed by atoms with Gasteiger partial charge < -0.3 is 21.1 Å². The van der Waals surface area contributed by atoms with Gasteiger partial charge in [0.25, 0.3) is 5.91 Å². The van der Waals surface area contributed by atoms with Crippen molar-refractivity contribution in [1.29, 1.82) is 0 Å². The summed E-state index contributed by atoms with van der Waals surface area (Å²) in [5, 5.41) is 6.39. The van der Waals surface area contributed by atoms with Gasteiger partial charge in [0.05, 0.1) is 16.7 Å². The predicted molar refractivity (Wildman–Crippen MR) is 128 cm³/mol. The van der Waals surface area contributed by atoms with Gasteiger partial charge in [-0.2, -0.15) is 0 Å². The fourth-order valence-electron chi connectivity index (χ4n) is 4.43. The minimum Gasteiger partial charge on any atom is -0.378 e. The molecule has 176 valence electrons. The average Bonchev–Trinajstić information content (AvgIpc) is 2.79. The number of nitrogens with zero attached hydrogens (tertiary/aromatic N) is 1. The largest absolute Gasteiger partial charge is 0.378 e. The zero-order chi connectivity index (χ0) is 23.2. The first-order valence-electron chi connectivity index (χ1n) is 11.7. The molecule has 1 unspecified atom stereocenters. The van der Waals surface area contributed by atoms with Gasteiger partial charge in [0.2, 0.25) is 5.91 Å². The molecule has 0 spiro atoms. The summed E-state index contributed by atoms with van der Waals surface area (Å²) in [5.41, 5.74) is 8.25. The lowest BCUT2D eigenvalue weighted by molar-refractivity contribution is -0.120. The summed E-state index contributed by atoms with van der Waals surface area (Å²) in [4.78, 5) is 29.0. The minimum atomic E-state index is -0.798. The van der Waals surface area contributed by atoms with Gasteiger partial charge in [0, 0.05) is 18.8 Å². The number of anilines is 1. The van der Waals surface area contributed by atoms with Crippen LogP contribution in [-0.2, 0) is 22.4 Å². The number of hydrogen-bond acceptors (Lipinski definition) is 5. The van der Waals surface area contributed by atoms with E-state index in [0.29, 0.717) is 29.5 Å². The van der Waals surface area contributed by atoms with E-state index >= 15 is 0 Å². The molecule has 7 nitrogen and oxygen atoms in total. The zero-order valence-corrected chi connectivity index (χ0v) is 19.4. The minimum absolute atomic E-state index is 0.195. The first-order valence-corrected chi connectivity index (χ1v) is 12.1. The summed E-state index contributed by atoms with van der Waals surface area (Å²) in [6, 6.07) is 10.3. The van der Waals surface area contributed by atoms with Crippen LogP contribution in [0.5, 0.6) is 0 Å². The molecule has 0 saturated heterocycles. The van der Waals surface area contributed by atoms with E-state index in [1.807, 2.05) is 0 Å². The van der Waals surface area contributed by atoms with Crippen LogP contribution in [0.25, 0.3) is 0 Å². The number of pyridine rings is 1. The second-order valence-corrected chi connectivity index (χ2v) is 9.31. The molecule has 1 aliphatic carbocycles. The molecule has 1 aromatic heterocycles. The normalized spacial score (nSPS) is 20.2. The van der Waals surface area contributed by atoms with Crippen LogP contribution >= 0.6 is 11.6 Å². The van der Waals surface area contributed by atoms with E-state index in [-0.39, 0.29) is 6.10 Å². The van der Waals surface area contributed by atoms with Crippen molar-refractivity contribution in [3.63, 3.8) is 0 Å². The van der Waals surface area contributed by atoms with Crippen molar-refractivity contribution in [2.45, 2.75) is 57.1 Å². The molecular weight excluding hydrogens is 440 g/mol. The van der Waals surface area contributed by atoms with E-state index < -0.39 is 17.9 Å². The van der Waals surface area contributed by atoms with E-state index in [1.54, 1.807) is 24.3 Å². The number of nitrogens with two attached hydrogens (primary N) is 1. The molecule has 2 heterocycles. The SMILES string of the molecule is NC(=O)C(CCO[C@H]1C[C@H](CCc2ccc3c(n2)NCCC3)C1)NC(=O)c1ccccc1Cl. The summed E-state index contributed by atoms with van der Waals surface area (Å²) in [7, 11) is 0. The second-order valence-electron chi connectivity index (χ2n) is 8.91. The molecule has 0 bridgehead atoms. The summed E-state index contributed by atoms with van der Waals surface area (Å²) in [6.45, 7) is 1.37. The number of amides is 2. The van der Waals surface area contributed by atoms with Crippen LogP contribution in [0.2, 0.25) is 5.02 Å². The number of halogens is 1. The van der Waals surface area contributed by atoms with Gasteiger partial charge in [0.15, 0.2) is 0 Å². The van der Waals surface area contributed by atoms with Crippen molar-refractivity contribution in [3.8, 4) is 0 Å². The number of hydrogen-bond donors (Lipinski definition) is 3. The topological polar surface area (TPSA) is 106 Å². The third kappa shape index (κ3) is 6.24. The smallest absolute Gasteiger partial charge is 0.253 e. The lowest BCUT2D eigenvalue weighted by atomic mass is 9.79. The summed E-state index contributed by atoms with van der Waals surface area (Å²) >= 11 is 6.06. The second kappa shape index (κ2) is 11.0. The highest BCUT2D eigenvalue weighted by Crippen LogP contribution is 2.34. The van der Waals surface area contributed by atoms with Crippen LogP contribution in [0.4, 0.5) is 5.82 Å². The Bertz CT molecular complexity index is 993. The fraction of sp³-hybridized carbons (Fsp3) is 0.480. The van der Waals surface area contributed by atoms with Gasteiger partial charge in [0.1, 0.15) is 11.9 Å². The molecule has 1 aromatic carbocycles. The molecule has 1 aliphatic heterocycles. The molecule has 8 heteroatoms. The Kier molecular flexibility index (Phi) is 7.83. The van der Waals surface area contributed by atoms with Crippen LogP contribution in [0.1, 0.15) is 53.7 Å². The quantitative estimate of drug-likeness (QED) is 0.492. The average molecular weight is 471 g/mol. The summed E-state index contributed by atoms with van der Waals surface area (Å²) in [6.07, 6.45) is 6.91. The number of primary amides is 1. The number of carbonyl (C=O) groups is 2. The first kappa shape index (κ1) is 23.5. The number of aryl methyl sites for hydroxylation is 2. The maximum atomic E-state index is 12.4. The molecule has 2 aromatic rings. The van der Waals surface area contributed by atoms with Crippen molar-refractivity contribution in [2.75, 3.05) is 18.5 Å². The van der Waals surface area contributed by atoms with Crippen molar-refractivity contribution in [1.82, 2.24) is 10.3 Å². The van der Waals surface area contributed by atoms with Crippen LogP contribution in [-0.4, -0.2) is 42.1 Å². The summed E-state index contributed by atoms with van der Waals surface area (Å²) in [5.74, 6) is 0.684. The Morgan fingerprint density at radius 2 is 2.06 bits per heavy atom. The number of carbonyl (C=O) groups excluding carboxylic acids is 2. The van der Waals surface area contributed by atoms with E-state index in [2.05, 4.69) is 22.8 Å². The Morgan fingerprint density at radius 1 is 1.24 bits per heavy atom. The molecule has 1 atom stereocenters. The van der Waals surface area contributed by atoms with E-state index in [0.717, 1.165) is 50.2 Å². The number of aromatic nitrogens is 1. The molecule has 2 aliphatic rings. The number of nitrogens with one attached hydrogen (secondary N) is 2. The van der Waals surface area contributed by atoms with E-state index in [1.165, 1.54) is 12.0 Å². The monoisotopic (exact) mass is 470 g/mol. The molecular formula is C25H31ClN4O3. The molecule has 1 saturated carbocycles. The molecule has 1 fully saturated rings. The van der Waals surface area contributed by atoms with Gasteiger partial charge in [-0.1, -0.05) is 29.8 Å². The van der Waals surface area contributed by atoms with E-state index in [4.69, 9.17) is 27.1 Å². The van der Waals surface area contributed by atoms with Crippen LogP contribution < -0.4 is 16.4 Å². The number of rotatable bonds is 10. The Balaban J connectivity index is 1.15. The van der Waals surface area contributed by atoms with Gasteiger partial charge in [-0.25, -0.2) is 4.98 Å². The molecule has 4 N–H and O–H groups in total. The molecule has 2 amide bonds. The molecule has 4 rings (SSSR count). The Hall–Kier alpha value is -2.64. The predicted octanol–water partition coefficient (Wildman–Crippen LogP) is 3.49. The molecule has 33 heavy (non-hydrogen) atoms. The fourth-order valence-corrected chi connectivity index (χ4v) is 4.65. The summed E-state index contributed by atoms with van der Waals surface area (Å²) < 4.78 is 5.92. The van der Waals surface area contributed by atoms with Gasteiger partial charge in [-0.3, -0.25) is 9.59 Å². The highest BCUT2D eigenvalue weighted by molar-refractivity contribution is 6.33. The highest BCUT2D eigenvalue weighted by Gasteiger charge is 2.30. The Morgan fingerprint density at radius 3 is 2.85 bits per heavy atom. The standard InChI is InChI=1S/C25H31ClN4O3/c26-21-6-2-1-5-20(21)25(32)30-22(23(27)31)11-13-33-19-14-16(15-19)7-9-18-10-8-17-4-3-12-28-24(17)29-18/h1-2,5-6,8,10,16,19,22H,3-4,7,9,11-15H2,(H2,27,31)(H,28,29)(H,30,32)/t16-,19-,22?. The number of benzene rings is 1. The van der Waals surface area contributed by atoms with Crippen LogP contribution in [0.15, 0.2) is 36.4 Å². The first-order chi connectivity index (χ1) is 16.0. The number of ether oxygens (including phenoxy) is 1. The molecule has 0 radical (unpaired) electrons. The van der Waals surface area contributed by atoms with Crippen molar-refractivity contribution in [2.24, 2.45) is 11.7 Å². The lowest BCUT2D eigenvalue weighted by Gasteiger charge is -2.35. The van der Waals surface area contributed by atoms with Gasteiger partial charge >= 0.3 is 0 Å². The number of fused-ring (bicyclic) bond motifs is 1.